The molecule has 0 fully saturated rings. The standard InChI is InChI=1S/C4H4ClF3/c5-3(2-6)1-4(7)8/h2,4H,1H2/b3-2+. The van der Waals surface area contributed by atoms with Crippen molar-refractivity contribution in [2.75, 3.05) is 0 Å². The third-order valence-corrected chi connectivity index (χ3v) is 0.704. The number of halogens is 4. The Labute approximate surface area is 49.9 Å². The second-order valence-electron chi connectivity index (χ2n) is 1.15. The lowest BCUT2D eigenvalue weighted by Gasteiger charge is -1.91. The van der Waals surface area contributed by atoms with E-state index >= 15 is 0 Å². The van der Waals surface area contributed by atoms with Crippen LogP contribution in [-0.4, -0.2) is 6.43 Å². The van der Waals surface area contributed by atoms with Gasteiger partial charge in [-0.1, -0.05) is 11.6 Å². The van der Waals surface area contributed by atoms with Crippen molar-refractivity contribution in [3.05, 3.63) is 11.4 Å². The van der Waals surface area contributed by atoms with Crippen LogP contribution in [0.3, 0.4) is 0 Å². The van der Waals surface area contributed by atoms with Crippen LogP contribution in [-0.2, 0) is 0 Å². The Morgan fingerprint density at radius 2 is 2.12 bits per heavy atom. The van der Waals surface area contributed by atoms with Crippen molar-refractivity contribution in [2.45, 2.75) is 12.8 Å². The van der Waals surface area contributed by atoms with E-state index in [0.717, 1.165) is 0 Å². The van der Waals surface area contributed by atoms with Gasteiger partial charge in [-0.15, -0.1) is 0 Å². The molecule has 0 nitrogen and oxygen atoms in total. The van der Waals surface area contributed by atoms with E-state index in [1.54, 1.807) is 0 Å². The lowest BCUT2D eigenvalue weighted by atomic mass is 10.4. The zero-order valence-corrected chi connectivity index (χ0v) is 4.63. The van der Waals surface area contributed by atoms with E-state index in [0.29, 0.717) is 0 Å². The van der Waals surface area contributed by atoms with Crippen LogP contribution in [0.1, 0.15) is 6.42 Å². The highest BCUT2D eigenvalue weighted by Crippen LogP contribution is 2.12. The van der Waals surface area contributed by atoms with Crippen LogP contribution in [0.25, 0.3) is 0 Å². The Morgan fingerprint density at radius 3 is 2.25 bits per heavy atom. The summed E-state index contributed by atoms with van der Waals surface area (Å²) >= 11 is 4.87. The Bertz CT molecular complexity index is 89.3. The van der Waals surface area contributed by atoms with Gasteiger partial charge in [-0.2, -0.15) is 0 Å². The molecule has 0 rings (SSSR count). The van der Waals surface area contributed by atoms with Crippen molar-refractivity contribution in [3.63, 3.8) is 0 Å². The van der Waals surface area contributed by atoms with E-state index in [-0.39, 0.29) is 6.33 Å². The first-order valence-corrected chi connectivity index (χ1v) is 2.27. The van der Waals surface area contributed by atoms with Gasteiger partial charge in [0.15, 0.2) is 0 Å². The van der Waals surface area contributed by atoms with Gasteiger partial charge in [-0.3, -0.25) is 0 Å². The van der Waals surface area contributed by atoms with Crippen molar-refractivity contribution in [1.29, 1.82) is 0 Å². The van der Waals surface area contributed by atoms with Crippen molar-refractivity contribution < 1.29 is 13.2 Å². The van der Waals surface area contributed by atoms with Crippen molar-refractivity contribution in [3.8, 4) is 0 Å². The second kappa shape index (κ2) is 3.78. The molecule has 0 N–H and O–H groups in total. The van der Waals surface area contributed by atoms with Crippen LogP contribution in [0.2, 0.25) is 0 Å². The van der Waals surface area contributed by atoms with Crippen LogP contribution in [0.4, 0.5) is 13.2 Å². The van der Waals surface area contributed by atoms with Crippen molar-refractivity contribution in [1.82, 2.24) is 0 Å². The molecule has 0 amide bonds. The van der Waals surface area contributed by atoms with E-state index < -0.39 is 17.9 Å². The lowest BCUT2D eigenvalue weighted by Crippen LogP contribution is -1.87. The average Bonchev–Trinajstić information content (AvgIpc) is 1.65. The molecule has 0 aliphatic heterocycles. The summed E-state index contributed by atoms with van der Waals surface area (Å²) in [6, 6.07) is 0. The summed E-state index contributed by atoms with van der Waals surface area (Å²) in [6.45, 7) is 0. The first-order chi connectivity index (χ1) is 3.66. The van der Waals surface area contributed by atoms with E-state index in [1.165, 1.54) is 0 Å². The average molecular weight is 145 g/mol. The number of hydrogen-bond donors (Lipinski definition) is 0. The van der Waals surface area contributed by atoms with Gasteiger partial charge in [0.1, 0.15) is 6.33 Å². The summed E-state index contributed by atoms with van der Waals surface area (Å²) in [7, 11) is 0. The molecular weight excluding hydrogens is 140 g/mol. The summed E-state index contributed by atoms with van der Waals surface area (Å²) in [6.07, 6.45) is -3.29. The topological polar surface area (TPSA) is 0 Å². The summed E-state index contributed by atoms with van der Waals surface area (Å²) in [5.41, 5.74) is 0. The number of allylic oxidation sites excluding steroid dienone is 1. The summed E-state index contributed by atoms with van der Waals surface area (Å²) in [5.74, 6) is 0. The summed E-state index contributed by atoms with van der Waals surface area (Å²) in [5, 5.41) is -0.444. The van der Waals surface area contributed by atoms with Crippen molar-refractivity contribution >= 4 is 11.6 Å². The fourth-order valence-electron chi connectivity index (χ4n) is 0.192. The maximum absolute atomic E-state index is 11.2. The molecular formula is C4H4ClF3. The number of hydrogen-bond acceptors (Lipinski definition) is 0. The molecule has 0 radical (unpaired) electrons. The maximum atomic E-state index is 11.2. The molecule has 0 aliphatic carbocycles. The molecule has 0 saturated carbocycles. The highest BCUT2D eigenvalue weighted by molar-refractivity contribution is 6.29. The van der Waals surface area contributed by atoms with Gasteiger partial charge in [-0.25, -0.2) is 13.2 Å². The number of rotatable bonds is 2. The fourth-order valence-corrected chi connectivity index (χ4v) is 0.309. The normalized spacial score (nSPS) is 12.9. The number of alkyl halides is 2. The molecule has 0 atom stereocenters. The van der Waals surface area contributed by atoms with Crippen LogP contribution in [0.15, 0.2) is 11.4 Å². The molecule has 0 aliphatic rings. The third-order valence-electron chi connectivity index (χ3n) is 0.468. The zero-order chi connectivity index (χ0) is 6.57. The first-order valence-electron chi connectivity index (χ1n) is 1.89. The van der Waals surface area contributed by atoms with E-state index in [2.05, 4.69) is 0 Å². The highest BCUT2D eigenvalue weighted by Gasteiger charge is 2.03. The molecule has 0 saturated heterocycles. The molecule has 0 heterocycles. The third kappa shape index (κ3) is 3.99. The minimum atomic E-state index is -2.56. The first kappa shape index (κ1) is 7.82. The van der Waals surface area contributed by atoms with Gasteiger partial charge in [0.25, 0.3) is 0 Å². The smallest absolute Gasteiger partial charge is 0.214 e. The SMILES string of the molecule is F/C=C(/Cl)CC(F)F. The van der Waals surface area contributed by atoms with Gasteiger partial charge in [0.2, 0.25) is 6.43 Å². The van der Waals surface area contributed by atoms with Crippen LogP contribution >= 0.6 is 11.6 Å². The Kier molecular flexibility index (Phi) is 3.69. The Hall–Kier alpha value is -0.180. The monoisotopic (exact) mass is 144 g/mol. The lowest BCUT2D eigenvalue weighted by molar-refractivity contribution is 0.150. The van der Waals surface area contributed by atoms with Crippen molar-refractivity contribution in [2.24, 2.45) is 0 Å². The fraction of sp³-hybridized carbons (Fsp3) is 0.500. The molecule has 8 heavy (non-hydrogen) atoms. The summed E-state index contributed by atoms with van der Waals surface area (Å²) in [4.78, 5) is 0. The molecule has 0 aromatic rings. The Morgan fingerprint density at radius 1 is 1.62 bits per heavy atom. The highest BCUT2D eigenvalue weighted by atomic mass is 35.5. The van der Waals surface area contributed by atoms with Gasteiger partial charge in [0, 0.05) is 6.42 Å². The van der Waals surface area contributed by atoms with E-state index in [1.807, 2.05) is 0 Å². The van der Waals surface area contributed by atoms with E-state index in [4.69, 9.17) is 11.6 Å². The molecule has 0 aromatic carbocycles. The molecule has 4 heteroatoms. The molecule has 0 unspecified atom stereocenters. The quantitative estimate of drug-likeness (QED) is 0.559. The molecule has 0 spiro atoms. The maximum Gasteiger partial charge on any atom is 0.243 e. The van der Waals surface area contributed by atoms with Gasteiger partial charge < -0.3 is 0 Å². The Balaban J connectivity index is 3.39. The molecule has 0 bridgehead atoms. The van der Waals surface area contributed by atoms with E-state index in [9.17, 15) is 13.2 Å². The predicted octanol–water partition coefficient (Wildman–Crippen LogP) is 2.69. The van der Waals surface area contributed by atoms with Gasteiger partial charge >= 0.3 is 0 Å². The molecule has 0 aromatic heterocycles. The minimum absolute atomic E-state index is 0.0340. The molecule has 48 valence electrons. The second-order valence-corrected chi connectivity index (χ2v) is 1.64. The predicted molar refractivity (Wildman–Crippen MR) is 25.7 cm³/mol. The van der Waals surface area contributed by atoms with Crippen LogP contribution < -0.4 is 0 Å². The van der Waals surface area contributed by atoms with Gasteiger partial charge in [-0.05, 0) is 0 Å². The zero-order valence-electron chi connectivity index (χ0n) is 3.87. The largest absolute Gasteiger partial charge is 0.243 e. The summed E-state index contributed by atoms with van der Waals surface area (Å²) < 4.78 is 33.5. The van der Waals surface area contributed by atoms with Crippen LogP contribution in [0.5, 0.6) is 0 Å². The van der Waals surface area contributed by atoms with Crippen LogP contribution in [0, 0.1) is 0 Å². The minimum Gasteiger partial charge on any atom is -0.214 e. The van der Waals surface area contributed by atoms with Gasteiger partial charge in [0.05, 0.1) is 5.03 Å².